The molecule has 10 nitrogen and oxygen atoms in total. The van der Waals surface area contributed by atoms with Crippen LogP contribution in [-0.4, -0.2) is 74.0 Å². The number of carbonyl (C=O) groups is 1. The fraction of sp³-hybridized carbons (Fsp3) is 0.385. The normalized spacial score (nSPS) is 16.3. The maximum atomic E-state index is 13.1. The smallest absolute Gasteiger partial charge is 0.273 e. The summed E-state index contributed by atoms with van der Waals surface area (Å²) >= 11 is 0. The van der Waals surface area contributed by atoms with Gasteiger partial charge in [0.1, 0.15) is 5.84 Å². The van der Waals surface area contributed by atoms with Gasteiger partial charge in [-0.05, 0) is 54.3 Å². The van der Waals surface area contributed by atoms with Gasteiger partial charge in [0.2, 0.25) is 10.0 Å². The Kier molecular flexibility index (Phi) is 8.40. The Morgan fingerprint density at radius 3 is 2.68 bits per heavy atom. The van der Waals surface area contributed by atoms with Gasteiger partial charge in [-0.1, -0.05) is 31.2 Å². The summed E-state index contributed by atoms with van der Waals surface area (Å²) in [6.45, 7) is 3.46. The minimum atomic E-state index is -3.59. The molecule has 0 spiro atoms. The molecule has 2 heterocycles. The van der Waals surface area contributed by atoms with Crippen LogP contribution in [0.4, 0.5) is 5.69 Å². The van der Waals surface area contributed by atoms with Crippen LogP contribution in [0, 0.1) is 5.92 Å². The summed E-state index contributed by atoms with van der Waals surface area (Å²) in [4.78, 5) is 23.3. The number of sulfonamides is 1. The summed E-state index contributed by atoms with van der Waals surface area (Å²) in [6, 6.07) is 12.3. The molecule has 11 heteroatoms. The molecule has 37 heavy (non-hydrogen) atoms. The number of nitrogens with zero attached hydrogens (tertiary/aromatic N) is 3. The van der Waals surface area contributed by atoms with Crippen LogP contribution in [0.2, 0.25) is 0 Å². The number of rotatable bonds is 10. The van der Waals surface area contributed by atoms with Crippen molar-refractivity contribution in [1.29, 1.82) is 0 Å². The van der Waals surface area contributed by atoms with E-state index in [0.29, 0.717) is 49.4 Å². The van der Waals surface area contributed by atoms with Gasteiger partial charge in [0, 0.05) is 37.2 Å². The minimum Gasteiger partial charge on any atom is -0.394 e. The predicted octanol–water partition coefficient (Wildman–Crippen LogP) is 1.87. The van der Waals surface area contributed by atoms with Crippen molar-refractivity contribution in [2.24, 2.45) is 22.4 Å². The molecule has 2 aromatic rings. The molecule has 0 radical (unpaired) electrons. The number of amides is 1. The molecule has 0 bridgehead atoms. The number of aliphatic hydroxyl groups excluding tert-OH is 1. The number of aliphatic hydroxyl groups is 1. The third kappa shape index (κ3) is 5.91. The Balaban J connectivity index is 1.62. The third-order valence-electron chi connectivity index (χ3n) is 6.32. The molecule has 198 valence electrons. The Morgan fingerprint density at radius 1 is 1.22 bits per heavy atom. The molecular formula is C26H33N5O5S. The molecule has 1 fully saturated rings. The number of fused-ring (bicyclic) bond motifs is 1. The van der Waals surface area contributed by atoms with Crippen molar-refractivity contribution in [2.75, 3.05) is 39.4 Å². The van der Waals surface area contributed by atoms with E-state index in [2.05, 4.69) is 4.99 Å². The second-order valence-electron chi connectivity index (χ2n) is 9.14. The van der Waals surface area contributed by atoms with E-state index in [4.69, 9.17) is 21.4 Å². The number of amidine groups is 1. The number of aliphatic imine (C=N–C) groups is 1. The zero-order valence-corrected chi connectivity index (χ0v) is 21.7. The van der Waals surface area contributed by atoms with Gasteiger partial charge in [0.15, 0.2) is 0 Å². The van der Waals surface area contributed by atoms with E-state index in [-0.39, 0.29) is 42.2 Å². The largest absolute Gasteiger partial charge is 0.394 e. The van der Waals surface area contributed by atoms with E-state index in [1.54, 1.807) is 24.3 Å². The summed E-state index contributed by atoms with van der Waals surface area (Å²) in [5.41, 5.74) is 15.0. The topological polar surface area (TPSA) is 152 Å². The fourth-order valence-corrected chi connectivity index (χ4v) is 5.94. The number of hydrogen-bond acceptors (Lipinski definition) is 8. The highest BCUT2D eigenvalue weighted by Gasteiger charge is 2.36. The first-order chi connectivity index (χ1) is 17.8. The van der Waals surface area contributed by atoms with Crippen molar-refractivity contribution in [3.8, 4) is 11.1 Å². The fourth-order valence-electron chi connectivity index (χ4n) is 4.30. The lowest BCUT2D eigenvalue weighted by Crippen LogP contribution is -2.52. The summed E-state index contributed by atoms with van der Waals surface area (Å²) < 4.78 is 27.5. The number of nitrogens with two attached hydrogens (primary N) is 2. The second-order valence-corrected chi connectivity index (χ2v) is 11.1. The molecule has 5 N–H and O–H groups in total. The van der Waals surface area contributed by atoms with Gasteiger partial charge >= 0.3 is 0 Å². The van der Waals surface area contributed by atoms with E-state index >= 15 is 0 Å². The van der Waals surface area contributed by atoms with Crippen LogP contribution >= 0.6 is 0 Å². The molecule has 2 aliphatic rings. The first kappa shape index (κ1) is 27.0. The molecule has 0 aromatic heterocycles. The van der Waals surface area contributed by atoms with Crippen LogP contribution in [0.1, 0.15) is 25.3 Å². The maximum absolute atomic E-state index is 13.1. The Hall–Kier alpha value is -3.09. The van der Waals surface area contributed by atoms with E-state index < -0.39 is 10.0 Å². The predicted molar refractivity (Wildman–Crippen MR) is 142 cm³/mol. The Morgan fingerprint density at radius 2 is 1.97 bits per heavy atom. The summed E-state index contributed by atoms with van der Waals surface area (Å²) in [5.74, 6) is 0.148. The van der Waals surface area contributed by atoms with Crippen molar-refractivity contribution in [3.05, 3.63) is 53.6 Å². The average molecular weight is 528 g/mol. The highest BCUT2D eigenvalue weighted by Crippen LogP contribution is 2.33. The van der Waals surface area contributed by atoms with Crippen LogP contribution in [-0.2, 0) is 19.7 Å². The SMILES string of the molecule is CCCN(OCCO)C(=O)C1=Cc2ccc(-c3cccc(S(=O)(=O)N4CC(CN)C4)c3)cc2N=C(N)C1. The first-order valence-electron chi connectivity index (χ1n) is 12.3. The highest BCUT2D eigenvalue weighted by molar-refractivity contribution is 7.89. The van der Waals surface area contributed by atoms with Crippen molar-refractivity contribution >= 4 is 33.5 Å². The van der Waals surface area contributed by atoms with Gasteiger partial charge in [-0.3, -0.25) is 9.63 Å². The van der Waals surface area contributed by atoms with E-state index in [9.17, 15) is 13.2 Å². The summed E-state index contributed by atoms with van der Waals surface area (Å²) in [5, 5.41) is 10.3. The average Bonchev–Trinajstić information content (AvgIpc) is 3.02. The Labute approximate surface area is 217 Å². The summed E-state index contributed by atoms with van der Waals surface area (Å²) in [6.07, 6.45) is 2.58. The second kappa shape index (κ2) is 11.5. The standard InChI is InChI=1S/C26H33N5O5S/c1-2-8-31(36-10-9-32)26(33)22-11-21-7-6-20(13-24(21)29-25(28)14-22)19-4-3-5-23(12-19)37(34,35)30-16-18(15-27)17-30/h3-7,11-13,18,32H,2,8-10,14-17,27H2,1H3,(H2,28,29). The molecule has 0 unspecified atom stereocenters. The van der Waals surface area contributed by atoms with E-state index in [1.807, 2.05) is 31.2 Å². The van der Waals surface area contributed by atoms with Gasteiger partial charge in [-0.2, -0.15) is 4.31 Å². The quantitative estimate of drug-likeness (QED) is 0.399. The van der Waals surface area contributed by atoms with Crippen molar-refractivity contribution in [2.45, 2.75) is 24.7 Å². The molecule has 2 aliphatic heterocycles. The van der Waals surface area contributed by atoms with Crippen LogP contribution in [0.5, 0.6) is 0 Å². The number of carbonyl (C=O) groups excluding carboxylic acids is 1. The number of hydroxylamine groups is 2. The molecule has 1 amide bonds. The highest BCUT2D eigenvalue weighted by atomic mass is 32.2. The monoisotopic (exact) mass is 527 g/mol. The molecule has 0 saturated carbocycles. The van der Waals surface area contributed by atoms with Gasteiger partial charge in [0.25, 0.3) is 5.91 Å². The zero-order valence-electron chi connectivity index (χ0n) is 20.8. The van der Waals surface area contributed by atoms with E-state index in [1.165, 1.54) is 9.37 Å². The van der Waals surface area contributed by atoms with Gasteiger partial charge in [-0.15, -0.1) is 0 Å². The van der Waals surface area contributed by atoms with Crippen LogP contribution in [0.25, 0.3) is 17.2 Å². The Bertz CT molecular complexity index is 1320. The lowest BCUT2D eigenvalue weighted by Gasteiger charge is -2.37. The molecule has 0 aliphatic carbocycles. The molecule has 0 atom stereocenters. The van der Waals surface area contributed by atoms with Crippen molar-refractivity contribution < 1.29 is 23.2 Å². The van der Waals surface area contributed by atoms with Crippen LogP contribution < -0.4 is 11.5 Å². The molecule has 2 aromatic carbocycles. The van der Waals surface area contributed by atoms with Crippen LogP contribution in [0.15, 0.2) is 57.9 Å². The molecule has 1 saturated heterocycles. The van der Waals surface area contributed by atoms with Crippen molar-refractivity contribution in [3.63, 3.8) is 0 Å². The zero-order chi connectivity index (χ0) is 26.6. The van der Waals surface area contributed by atoms with Crippen molar-refractivity contribution in [1.82, 2.24) is 9.37 Å². The number of benzene rings is 2. The van der Waals surface area contributed by atoms with Gasteiger partial charge < -0.3 is 16.6 Å². The number of hydrogen-bond donors (Lipinski definition) is 3. The minimum absolute atomic E-state index is 0.0166. The molecular weight excluding hydrogens is 494 g/mol. The molecule has 4 rings (SSSR count). The lowest BCUT2D eigenvalue weighted by atomic mass is 10.0. The summed E-state index contributed by atoms with van der Waals surface area (Å²) in [7, 11) is -3.59. The first-order valence-corrected chi connectivity index (χ1v) is 13.7. The van der Waals surface area contributed by atoms with E-state index in [0.717, 1.165) is 11.1 Å². The van der Waals surface area contributed by atoms with Gasteiger partial charge in [0.05, 0.1) is 23.8 Å². The van der Waals surface area contributed by atoms with Crippen LogP contribution in [0.3, 0.4) is 0 Å². The third-order valence-corrected chi connectivity index (χ3v) is 8.15. The lowest BCUT2D eigenvalue weighted by molar-refractivity contribution is -0.185. The van der Waals surface area contributed by atoms with Gasteiger partial charge in [-0.25, -0.2) is 18.5 Å². The maximum Gasteiger partial charge on any atom is 0.273 e.